The first-order chi connectivity index (χ1) is 8.60. The van der Waals surface area contributed by atoms with Crippen molar-refractivity contribution in [3.8, 4) is 0 Å². The molecule has 0 amide bonds. The largest absolute Gasteiger partial charge is 0.391 e. The molecule has 8 heteroatoms. The van der Waals surface area contributed by atoms with Gasteiger partial charge in [-0.15, -0.1) is 0 Å². The second kappa shape index (κ2) is 6.08. The fourth-order valence-electron chi connectivity index (χ4n) is 1.36. The first kappa shape index (κ1) is 16.9. The first-order valence-corrected chi connectivity index (χ1v) is 11.2. The van der Waals surface area contributed by atoms with Crippen LogP contribution in [-0.4, -0.2) is 21.0 Å². The van der Waals surface area contributed by atoms with Gasteiger partial charge in [0.1, 0.15) is 0 Å². The van der Waals surface area contributed by atoms with Crippen LogP contribution in [0.4, 0.5) is 0 Å². The van der Waals surface area contributed by atoms with Crippen molar-refractivity contribution in [3.63, 3.8) is 0 Å². The van der Waals surface area contributed by atoms with E-state index in [0.717, 1.165) is 0 Å². The summed E-state index contributed by atoms with van der Waals surface area (Å²) < 4.78 is 22.8. The van der Waals surface area contributed by atoms with Crippen molar-refractivity contribution in [3.05, 3.63) is 33.8 Å². The van der Waals surface area contributed by atoms with Crippen molar-refractivity contribution < 1.29 is 18.1 Å². The molecule has 0 spiro atoms. The van der Waals surface area contributed by atoms with Crippen LogP contribution in [0.2, 0.25) is 29.7 Å². The Morgan fingerprint density at radius 1 is 1.21 bits per heavy atom. The zero-order valence-electron chi connectivity index (χ0n) is 11.1. The topological polar surface area (TPSA) is 52.6 Å². The molecule has 0 aliphatic heterocycles. The molecule has 1 aromatic rings. The van der Waals surface area contributed by atoms with E-state index >= 15 is 0 Å². The van der Waals surface area contributed by atoms with Crippen molar-refractivity contribution in [2.24, 2.45) is 0 Å². The maximum Gasteiger partial charge on any atom is 0.391 e. The molecule has 0 aliphatic carbocycles. The molecule has 0 fully saturated rings. The lowest BCUT2D eigenvalue weighted by Crippen LogP contribution is -2.26. The van der Waals surface area contributed by atoms with Gasteiger partial charge in [-0.05, 0) is 31.8 Å². The van der Waals surface area contributed by atoms with E-state index in [-0.39, 0.29) is 15.6 Å². The van der Waals surface area contributed by atoms with Crippen molar-refractivity contribution in [2.75, 3.05) is 7.11 Å². The van der Waals surface area contributed by atoms with E-state index in [4.69, 9.17) is 31.9 Å². The van der Waals surface area contributed by atoms with Gasteiger partial charge in [0.05, 0.1) is 15.6 Å². The summed E-state index contributed by atoms with van der Waals surface area (Å²) in [5.41, 5.74) is -0.845. The van der Waals surface area contributed by atoms with E-state index in [0.29, 0.717) is 0 Å². The molecule has 0 saturated carbocycles. The monoisotopic (exact) mass is 340 g/mol. The summed E-state index contributed by atoms with van der Waals surface area (Å²) in [6.45, 7) is 5.42. The Morgan fingerprint density at radius 3 is 2.05 bits per heavy atom. The minimum absolute atomic E-state index is 0.0331. The Bertz CT molecular complexity index is 522. The summed E-state index contributed by atoms with van der Waals surface area (Å²) in [5.74, 6) is 0. The molecule has 0 heterocycles. The predicted octanol–water partition coefficient (Wildman–Crippen LogP) is 4.82. The van der Waals surface area contributed by atoms with Crippen LogP contribution in [0.3, 0.4) is 0 Å². The second-order valence-corrected chi connectivity index (χ2v) is 12.3. The summed E-state index contributed by atoms with van der Waals surface area (Å²) in [4.78, 5) is 12.4. The summed E-state index contributed by atoms with van der Waals surface area (Å²) in [7, 11) is -5.00. The molecule has 1 atom stereocenters. The van der Waals surface area contributed by atoms with Gasteiger partial charge in [0.2, 0.25) is 0 Å². The van der Waals surface area contributed by atoms with Crippen LogP contribution in [0.5, 0.6) is 0 Å². The normalized spacial score (nSPS) is 15.1. The van der Waals surface area contributed by atoms with Gasteiger partial charge in [-0.1, -0.05) is 29.3 Å². The lowest BCUT2D eigenvalue weighted by Gasteiger charge is -2.24. The smallest absolute Gasteiger partial charge is 0.345 e. The third kappa shape index (κ3) is 4.15. The van der Waals surface area contributed by atoms with E-state index in [2.05, 4.69) is 0 Å². The van der Waals surface area contributed by atoms with Crippen LogP contribution >= 0.6 is 30.8 Å². The number of hydrogen-bond acceptors (Lipinski definition) is 4. The van der Waals surface area contributed by atoms with Crippen molar-refractivity contribution in [1.82, 2.24) is 0 Å². The Kier molecular flexibility index (Phi) is 5.41. The lowest BCUT2D eigenvalue weighted by atomic mass is 10.2. The molecule has 0 bridgehead atoms. The van der Waals surface area contributed by atoms with Crippen LogP contribution in [0.15, 0.2) is 18.2 Å². The predicted molar refractivity (Wildman–Crippen MR) is 79.8 cm³/mol. The highest BCUT2D eigenvalue weighted by Gasteiger charge is 2.41. The molecule has 4 nitrogen and oxygen atoms in total. The minimum Gasteiger partial charge on any atom is -0.345 e. The van der Waals surface area contributed by atoms with Crippen molar-refractivity contribution >= 4 is 44.6 Å². The van der Waals surface area contributed by atoms with E-state index in [1.165, 1.54) is 19.2 Å². The maximum absolute atomic E-state index is 12.5. The summed E-state index contributed by atoms with van der Waals surface area (Å²) in [5, 5.41) is 0.239. The third-order valence-electron chi connectivity index (χ3n) is 2.06. The summed E-state index contributed by atoms with van der Waals surface area (Å²) >= 11 is 11.9. The van der Waals surface area contributed by atoms with E-state index in [9.17, 15) is 9.36 Å². The van der Waals surface area contributed by atoms with Gasteiger partial charge in [-0.3, -0.25) is 9.36 Å². The number of benzene rings is 1. The van der Waals surface area contributed by atoms with E-state index in [1.807, 2.05) is 0 Å². The highest BCUT2D eigenvalue weighted by molar-refractivity contribution is 7.73. The molecule has 106 valence electrons. The van der Waals surface area contributed by atoms with Crippen LogP contribution in [-0.2, 0) is 13.3 Å². The number of rotatable bonds is 5. The Balaban J connectivity index is 3.27. The molecule has 0 saturated heterocycles. The average Bonchev–Trinajstić information content (AvgIpc) is 2.26. The average molecular weight is 341 g/mol. The van der Waals surface area contributed by atoms with Gasteiger partial charge in [-0.2, -0.15) is 0 Å². The van der Waals surface area contributed by atoms with Crippen LogP contribution in [0.25, 0.3) is 0 Å². The molecule has 19 heavy (non-hydrogen) atoms. The number of halogens is 2. The molecule has 0 aliphatic rings. The Morgan fingerprint density at radius 2 is 1.68 bits per heavy atom. The molecule has 1 rings (SSSR count). The van der Waals surface area contributed by atoms with E-state index < -0.39 is 21.4 Å². The summed E-state index contributed by atoms with van der Waals surface area (Å²) in [6.07, 6.45) is 0. The Labute approximate surface area is 123 Å². The fraction of sp³-hybridized carbons (Fsp3) is 0.364. The third-order valence-corrected chi connectivity index (χ3v) is 7.04. The Hall–Kier alpha value is -0.163. The van der Waals surface area contributed by atoms with Crippen LogP contribution in [0.1, 0.15) is 10.4 Å². The van der Waals surface area contributed by atoms with Gasteiger partial charge in [0, 0.05) is 7.11 Å². The molecular formula is C11H15Cl2O4PSi. The van der Waals surface area contributed by atoms with Gasteiger partial charge < -0.3 is 8.74 Å². The maximum atomic E-state index is 12.5. The number of hydrogen-bond donors (Lipinski definition) is 0. The van der Waals surface area contributed by atoms with Gasteiger partial charge in [0.25, 0.3) is 5.52 Å². The highest BCUT2D eigenvalue weighted by Crippen LogP contribution is 2.54. The zero-order valence-corrected chi connectivity index (χ0v) is 14.5. The molecule has 0 aromatic heterocycles. The van der Waals surface area contributed by atoms with Gasteiger partial charge >= 0.3 is 7.60 Å². The summed E-state index contributed by atoms with van der Waals surface area (Å²) in [6, 6.07) is 4.59. The molecule has 1 unspecified atom stereocenters. The molecule has 0 N–H and O–H groups in total. The van der Waals surface area contributed by atoms with Crippen molar-refractivity contribution in [1.29, 1.82) is 0 Å². The minimum atomic E-state index is -3.93. The highest BCUT2D eigenvalue weighted by atomic mass is 35.5. The van der Waals surface area contributed by atoms with Crippen LogP contribution in [0, 0.1) is 0 Å². The van der Waals surface area contributed by atoms with Crippen LogP contribution < -0.4 is 0 Å². The van der Waals surface area contributed by atoms with E-state index in [1.54, 1.807) is 25.7 Å². The van der Waals surface area contributed by atoms with Crippen molar-refractivity contribution in [2.45, 2.75) is 19.6 Å². The molecule has 0 radical (unpaired) electrons. The lowest BCUT2D eigenvalue weighted by molar-refractivity contribution is 0.103. The SMILES string of the molecule is COP(=O)(O[Si](C)(C)C)C(=O)c1c(Cl)cccc1Cl. The quantitative estimate of drug-likeness (QED) is 0.569. The van der Waals surface area contributed by atoms with Gasteiger partial charge in [0.15, 0.2) is 8.32 Å². The fourth-order valence-corrected chi connectivity index (χ4v) is 6.26. The number of carbonyl (C=O) groups excluding carboxylic acids is 1. The zero-order chi connectivity index (χ0) is 14.8. The standard InChI is InChI=1S/C11H15Cl2O4PSi/c1-16-18(15,17-19(2,3)4)11(14)10-8(12)6-5-7-9(10)13/h5-7H,1-4H3. The van der Waals surface area contributed by atoms with Gasteiger partial charge in [-0.25, -0.2) is 0 Å². The molecule has 1 aromatic carbocycles. The first-order valence-electron chi connectivity index (χ1n) is 5.46. The molecular weight excluding hydrogens is 326 g/mol. The second-order valence-electron chi connectivity index (χ2n) is 4.79. The number of carbonyl (C=O) groups is 1.